The fourth-order valence-electron chi connectivity index (χ4n) is 2.21. The summed E-state index contributed by atoms with van der Waals surface area (Å²) in [5, 5.41) is 8.71. The van der Waals surface area contributed by atoms with Gasteiger partial charge >= 0.3 is 48.0 Å². The lowest BCUT2D eigenvalue weighted by molar-refractivity contribution is -0.414. The Labute approximate surface area is 172 Å². The van der Waals surface area contributed by atoms with Crippen molar-refractivity contribution in [1.82, 2.24) is 0 Å². The average Bonchev–Trinajstić information content (AvgIpc) is 2.65. The lowest BCUT2D eigenvalue weighted by Crippen LogP contribution is -2.69. The van der Waals surface area contributed by atoms with Crippen molar-refractivity contribution < 1.29 is 72.1 Å². The Morgan fingerprint density at radius 1 is 0.844 bits per heavy atom. The quantitative estimate of drug-likeness (QED) is 0.267. The van der Waals surface area contributed by atoms with Crippen LogP contribution in [0.15, 0.2) is 0 Å². The van der Waals surface area contributed by atoms with Crippen LogP contribution in [-0.2, 0) is 14.3 Å². The Bertz CT molecular complexity index is 665. The van der Waals surface area contributed by atoms with Crippen molar-refractivity contribution in [2.45, 2.75) is 69.1 Å². The molecule has 0 saturated carbocycles. The normalized spacial score (nSPS) is 16.1. The summed E-state index contributed by atoms with van der Waals surface area (Å²) in [6.45, 7) is -0.520. The Kier molecular flexibility index (Phi) is 9.34. The molecule has 0 bridgehead atoms. The van der Waals surface area contributed by atoms with E-state index in [0.717, 1.165) is 0 Å². The molecule has 0 aromatic rings. The average molecular weight is 502 g/mol. The highest BCUT2D eigenvalue weighted by Gasteiger charge is 2.87. The number of carbonyl (C=O) groups excluding carboxylic acids is 1. The number of alkyl halides is 12. The van der Waals surface area contributed by atoms with Crippen LogP contribution in [0.3, 0.4) is 0 Å². The molecule has 0 rings (SSSR count). The van der Waals surface area contributed by atoms with Crippen LogP contribution in [0.2, 0.25) is 0 Å². The van der Waals surface area contributed by atoms with Gasteiger partial charge < -0.3 is 9.84 Å². The van der Waals surface area contributed by atoms with Crippen molar-refractivity contribution in [2.24, 2.45) is 11.8 Å². The molecule has 0 amide bonds. The number of aliphatic carboxylic acids is 1. The number of halogens is 12. The summed E-state index contributed by atoms with van der Waals surface area (Å²) in [5.41, 5.74) is 0. The van der Waals surface area contributed by atoms with E-state index in [2.05, 4.69) is 4.74 Å². The number of esters is 1. The molecule has 0 saturated heterocycles. The van der Waals surface area contributed by atoms with Gasteiger partial charge in [0.2, 0.25) is 0 Å². The maximum atomic E-state index is 13.6. The van der Waals surface area contributed by atoms with Crippen molar-refractivity contribution in [3.8, 4) is 0 Å². The Morgan fingerprint density at radius 3 is 1.69 bits per heavy atom. The molecule has 0 radical (unpaired) electrons. The largest absolute Gasteiger partial charge is 0.481 e. The second kappa shape index (κ2) is 9.93. The summed E-state index contributed by atoms with van der Waals surface area (Å²) in [6.07, 6.45) is -6.38. The summed E-state index contributed by atoms with van der Waals surface area (Å²) in [5.74, 6) is -41.6. The highest BCUT2D eigenvalue weighted by Crippen LogP contribution is 2.58. The summed E-state index contributed by atoms with van der Waals surface area (Å²) in [4.78, 5) is 22.4. The van der Waals surface area contributed by atoms with Gasteiger partial charge in [0.25, 0.3) is 0 Å². The first-order chi connectivity index (χ1) is 14.1. The maximum absolute atomic E-state index is 13.6. The van der Waals surface area contributed by atoms with Gasteiger partial charge in [-0.2, -0.15) is 43.9 Å². The zero-order valence-corrected chi connectivity index (χ0v) is 16.3. The fourth-order valence-corrected chi connectivity index (χ4v) is 2.21. The lowest BCUT2D eigenvalue weighted by Gasteiger charge is -2.39. The zero-order valence-electron chi connectivity index (χ0n) is 16.3. The molecule has 0 aliphatic carbocycles. The van der Waals surface area contributed by atoms with Gasteiger partial charge in [-0.1, -0.05) is 13.8 Å². The van der Waals surface area contributed by atoms with E-state index in [0.29, 0.717) is 0 Å². The molecule has 0 aromatic carbocycles. The van der Waals surface area contributed by atoms with Crippen LogP contribution in [0, 0.1) is 11.8 Å². The zero-order chi connectivity index (χ0) is 25.9. The van der Waals surface area contributed by atoms with E-state index in [-0.39, 0.29) is 19.3 Å². The number of carboxylic acid groups (broad SMARTS) is 1. The molecule has 0 fully saturated rings. The van der Waals surface area contributed by atoms with Crippen LogP contribution in [0.5, 0.6) is 0 Å². The molecular weight excluding hydrogens is 484 g/mol. The van der Waals surface area contributed by atoms with Gasteiger partial charge in [0.05, 0.1) is 11.8 Å². The molecule has 0 aliphatic rings. The van der Waals surface area contributed by atoms with Crippen molar-refractivity contribution >= 4 is 11.9 Å². The van der Waals surface area contributed by atoms with Crippen LogP contribution >= 0.6 is 0 Å². The number of rotatable bonds is 13. The third kappa shape index (κ3) is 5.53. The summed E-state index contributed by atoms with van der Waals surface area (Å²) >= 11 is 0. The van der Waals surface area contributed by atoms with Crippen LogP contribution < -0.4 is 0 Å². The van der Waals surface area contributed by atoms with Crippen molar-refractivity contribution in [2.75, 3.05) is 6.61 Å². The molecule has 2 unspecified atom stereocenters. The summed E-state index contributed by atoms with van der Waals surface area (Å²) in [7, 11) is 0. The van der Waals surface area contributed by atoms with Crippen LogP contribution in [-0.4, -0.2) is 59.7 Å². The number of carboxylic acids is 1. The Balaban J connectivity index is 5.58. The van der Waals surface area contributed by atoms with Gasteiger partial charge in [-0.3, -0.25) is 9.59 Å². The Hall–Kier alpha value is -1.90. The smallest absolute Gasteiger partial charge is 0.384 e. The molecular formula is C16H18F12O4. The molecule has 32 heavy (non-hydrogen) atoms. The minimum Gasteiger partial charge on any atom is -0.481 e. The van der Waals surface area contributed by atoms with E-state index in [4.69, 9.17) is 5.11 Å². The number of ether oxygens (including phenoxy) is 1. The van der Waals surface area contributed by atoms with Gasteiger partial charge in [0.1, 0.15) is 0 Å². The number of carbonyl (C=O) groups is 2. The molecule has 0 aromatic heterocycles. The molecule has 0 aliphatic heterocycles. The topological polar surface area (TPSA) is 63.6 Å². The Morgan fingerprint density at radius 2 is 1.31 bits per heavy atom. The third-order valence-corrected chi connectivity index (χ3v) is 4.53. The predicted octanol–water partition coefficient (Wildman–Crippen LogP) is 5.50. The van der Waals surface area contributed by atoms with E-state index in [9.17, 15) is 62.3 Å². The molecule has 1 N–H and O–H groups in total. The minimum atomic E-state index is -7.70. The van der Waals surface area contributed by atoms with Crippen molar-refractivity contribution in [3.63, 3.8) is 0 Å². The molecule has 16 heteroatoms. The SMILES string of the molecule is CCC(CCC(C)C(=O)O)C(=O)OCC(F)(F)C(F)(F)C(F)(F)C(F)(F)C(F)(F)C(F)F. The standard InChI is InChI=1S/C16H18F12O4/c1-3-8(5-4-7(2)9(29)30)10(31)32-6-12(19,20)14(23,24)16(27,28)15(25,26)13(21,22)11(17)18/h7-8,11H,3-6H2,1-2H3,(H,29,30). The number of hydrogen-bond acceptors (Lipinski definition) is 3. The fraction of sp³-hybridized carbons (Fsp3) is 0.875. The van der Waals surface area contributed by atoms with Gasteiger partial charge in [0, 0.05) is 0 Å². The second-order valence-corrected chi connectivity index (χ2v) is 6.88. The highest BCUT2D eigenvalue weighted by atomic mass is 19.4. The van der Waals surface area contributed by atoms with E-state index in [1.165, 1.54) is 13.8 Å². The minimum absolute atomic E-state index is 0.220. The van der Waals surface area contributed by atoms with Crippen LogP contribution in [0.4, 0.5) is 52.7 Å². The predicted molar refractivity (Wildman–Crippen MR) is 81.5 cm³/mol. The second-order valence-electron chi connectivity index (χ2n) is 6.88. The summed E-state index contributed by atoms with van der Waals surface area (Å²) < 4.78 is 160. The monoisotopic (exact) mass is 502 g/mol. The van der Waals surface area contributed by atoms with Crippen LogP contribution in [0.1, 0.15) is 33.1 Å². The van der Waals surface area contributed by atoms with Crippen molar-refractivity contribution in [3.05, 3.63) is 0 Å². The first kappa shape index (κ1) is 30.1. The van der Waals surface area contributed by atoms with Crippen molar-refractivity contribution in [1.29, 1.82) is 0 Å². The van der Waals surface area contributed by atoms with E-state index in [1.807, 2.05) is 0 Å². The maximum Gasteiger partial charge on any atom is 0.384 e. The number of hydrogen-bond donors (Lipinski definition) is 1. The molecule has 0 spiro atoms. The highest BCUT2D eigenvalue weighted by molar-refractivity contribution is 5.73. The molecule has 190 valence electrons. The van der Waals surface area contributed by atoms with Crippen LogP contribution in [0.25, 0.3) is 0 Å². The molecule has 4 nitrogen and oxygen atoms in total. The van der Waals surface area contributed by atoms with Gasteiger partial charge in [-0.05, 0) is 19.3 Å². The van der Waals surface area contributed by atoms with Gasteiger partial charge in [0.15, 0.2) is 6.61 Å². The van der Waals surface area contributed by atoms with E-state index >= 15 is 0 Å². The third-order valence-electron chi connectivity index (χ3n) is 4.53. The van der Waals surface area contributed by atoms with Gasteiger partial charge in [-0.25, -0.2) is 8.78 Å². The first-order valence-corrected chi connectivity index (χ1v) is 8.68. The molecule has 0 heterocycles. The summed E-state index contributed by atoms with van der Waals surface area (Å²) in [6, 6.07) is 0. The molecule has 2 atom stereocenters. The van der Waals surface area contributed by atoms with E-state index < -0.39 is 66.4 Å². The van der Waals surface area contributed by atoms with E-state index in [1.54, 1.807) is 0 Å². The van der Waals surface area contributed by atoms with Gasteiger partial charge in [-0.15, -0.1) is 0 Å². The lowest BCUT2D eigenvalue weighted by atomic mass is 9.94. The first-order valence-electron chi connectivity index (χ1n) is 8.68.